The van der Waals surface area contributed by atoms with Crippen LogP contribution in [0.3, 0.4) is 0 Å². The highest BCUT2D eigenvalue weighted by Gasteiger charge is 2.14. The molecule has 0 spiro atoms. The van der Waals surface area contributed by atoms with Crippen molar-refractivity contribution in [2.24, 2.45) is 0 Å². The summed E-state index contributed by atoms with van der Waals surface area (Å²) in [6, 6.07) is 2.79. The fourth-order valence-corrected chi connectivity index (χ4v) is 1.68. The number of carbonyl (C=O) groups is 1. The maximum atomic E-state index is 11.2. The minimum Gasteiger partial charge on any atom is -0.488 e. The summed E-state index contributed by atoms with van der Waals surface area (Å²) in [7, 11) is 1.26. The maximum Gasteiger partial charge on any atom is 0.337 e. The Kier molecular flexibility index (Phi) is 4.86. The van der Waals surface area contributed by atoms with Crippen molar-refractivity contribution in [1.29, 1.82) is 0 Å². The minimum absolute atomic E-state index is 0.0804. The predicted octanol–water partition coefficient (Wildman–Crippen LogP) is 2.15. The molecule has 0 aromatic heterocycles. The molecule has 0 fully saturated rings. The first-order valence-corrected chi connectivity index (χ1v) is 5.16. The van der Waals surface area contributed by atoms with Gasteiger partial charge in [0.05, 0.1) is 29.3 Å². The van der Waals surface area contributed by atoms with Crippen LogP contribution >= 0.6 is 23.2 Å². The fraction of sp³-hybridized carbons (Fsp3) is 0.300. The lowest BCUT2D eigenvalue weighted by molar-refractivity contribution is 0.0600. The zero-order valence-corrected chi connectivity index (χ0v) is 10.0. The van der Waals surface area contributed by atoms with Crippen LogP contribution in [0.5, 0.6) is 5.75 Å². The van der Waals surface area contributed by atoms with Gasteiger partial charge < -0.3 is 14.6 Å². The van der Waals surface area contributed by atoms with Gasteiger partial charge in [-0.2, -0.15) is 0 Å². The van der Waals surface area contributed by atoms with Crippen LogP contribution in [0.15, 0.2) is 12.1 Å². The van der Waals surface area contributed by atoms with Crippen molar-refractivity contribution in [3.05, 3.63) is 27.7 Å². The molecule has 0 bridgehead atoms. The van der Waals surface area contributed by atoms with Crippen LogP contribution < -0.4 is 4.74 Å². The van der Waals surface area contributed by atoms with Crippen LogP contribution in [0.25, 0.3) is 0 Å². The molecule has 16 heavy (non-hydrogen) atoms. The lowest BCUT2D eigenvalue weighted by atomic mass is 10.2. The Hall–Kier alpha value is -0.970. The van der Waals surface area contributed by atoms with Gasteiger partial charge in [-0.25, -0.2) is 4.79 Å². The number of aliphatic hydroxyl groups is 1. The van der Waals surface area contributed by atoms with E-state index in [1.807, 2.05) is 0 Å². The third kappa shape index (κ3) is 3.01. The van der Waals surface area contributed by atoms with Crippen LogP contribution in [0, 0.1) is 0 Å². The van der Waals surface area contributed by atoms with Crippen molar-refractivity contribution in [3.63, 3.8) is 0 Å². The molecule has 0 atom stereocenters. The van der Waals surface area contributed by atoms with Gasteiger partial charge in [-0.15, -0.1) is 0 Å². The lowest BCUT2D eigenvalue weighted by Gasteiger charge is -2.09. The van der Waals surface area contributed by atoms with Crippen molar-refractivity contribution in [2.45, 2.75) is 0 Å². The minimum atomic E-state index is -0.530. The Bertz CT molecular complexity index is 369. The molecule has 0 unspecified atom stereocenters. The molecule has 0 radical (unpaired) electrons. The molecular weight excluding hydrogens is 255 g/mol. The standard InChI is InChI=1S/C10H10Cl2O4/c1-15-10(14)6-4-7(11)9(8(12)5-6)16-3-2-13/h4-5,13H,2-3H2,1H3. The predicted molar refractivity (Wildman–Crippen MR) is 60.4 cm³/mol. The van der Waals surface area contributed by atoms with Gasteiger partial charge in [0.15, 0.2) is 5.75 Å². The number of hydrogen-bond acceptors (Lipinski definition) is 4. The van der Waals surface area contributed by atoms with E-state index in [1.165, 1.54) is 19.2 Å². The molecule has 0 aliphatic rings. The number of carbonyl (C=O) groups excluding carboxylic acids is 1. The van der Waals surface area contributed by atoms with Gasteiger partial charge in [-0.3, -0.25) is 0 Å². The zero-order chi connectivity index (χ0) is 12.1. The molecule has 1 rings (SSSR count). The average molecular weight is 265 g/mol. The van der Waals surface area contributed by atoms with Crippen molar-refractivity contribution < 1.29 is 19.4 Å². The summed E-state index contributed by atoms with van der Waals surface area (Å²) in [5, 5.41) is 9.00. The van der Waals surface area contributed by atoms with Crippen LogP contribution in [0.1, 0.15) is 10.4 Å². The molecule has 1 N–H and O–H groups in total. The Balaban J connectivity index is 3.02. The summed E-state index contributed by atoms with van der Waals surface area (Å²) in [6.45, 7) is -0.0670. The first-order chi connectivity index (χ1) is 7.60. The molecule has 0 aliphatic carbocycles. The van der Waals surface area contributed by atoms with Gasteiger partial charge in [0.25, 0.3) is 0 Å². The van der Waals surface area contributed by atoms with E-state index in [-0.39, 0.29) is 34.6 Å². The number of ether oxygens (including phenoxy) is 2. The Labute approximate surface area is 103 Å². The van der Waals surface area contributed by atoms with Gasteiger partial charge in [0.1, 0.15) is 6.61 Å². The first-order valence-electron chi connectivity index (χ1n) is 4.41. The number of benzene rings is 1. The van der Waals surface area contributed by atoms with Crippen LogP contribution in [0.4, 0.5) is 0 Å². The summed E-state index contributed by atoms with van der Waals surface area (Å²) in [5.41, 5.74) is 0.244. The topological polar surface area (TPSA) is 55.8 Å². The monoisotopic (exact) mass is 264 g/mol. The number of hydrogen-bond donors (Lipinski definition) is 1. The molecule has 4 nitrogen and oxygen atoms in total. The largest absolute Gasteiger partial charge is 0.488 e. The fourth-order valence-electron chi connectivity index (χ4n) is 1.08. The zero-order valence-electron chi connectivity index (χ0n) is 8.50. The molecule has 1 aromatic carbocycles. The number of aliphatic hydroxyl groups excluding tert-OH is 1. The molecule has 6 heteroatoms. The Morgan fingerprint density at radius 3 is 2.38 bits per heavy atom. The van der Waals surface area contributed by atoms with E-state index in [0.717, 1.165) is 0 Å². The summed E-state index contributed by atoms with van der Waals surface area (Å²) in [5.74, 6) is -0.289. The third-order valence-electron chi connectivity index (χ3n) is 1.76. The molecule has 0 heterocycles. The average Bonchev–Trinajstić information content (AvgIpc) is 2.26. The molecule has 0 amide bonds. The third-order valence-corrected chi connectivity index (χ3v) is 2.32. The van der Waals surface area contributed by atoms with E-state index in [0.29, 0.717) is 0 Å². The van der Waals surface area contributed by atoms with Crippen LogP contribution in [-0.4, -0.2) is 31.4 Å². The molecule has 0 saturated carbocycles. The SMILES string of the molecule is COC(=O)c1cc(Cl)c(OCCO)c(Cl)c1. The highest BCUT2D eigenvalue weighted by Crippen LogP contribution is 2.34. The molecular formula is C10H10Cl2O4. The molecule has 0 saturated heterocycles. The molecule has 1 aromatic rings. The summed E-state index contributed by atoms with van der Waals surface area (Å²) in [4.78, 5) is 11.2. The van der Waals surface area contributed by atoms with Gasteiger partial charge in [-0.05, 0) is 12.1 Å². The molecule has 88 valence electrons. The summed E-state index contributed by atoms with van der Waals surface area (Å²) >= 11 is 11.7. The van der Waals surface area contributed by atoms with Crippen molar-refractivity contribution in [1.82, 2.24) is 0 Å². The number of halogens is 2. The quantitative estimate of drug-likeness (QED) is 0.847. The summed E-state index contributed by atoms with van der Waals surface area (Å²) < 4.78 is 9.65. The smallest absolute Gasteiger partial charge is 0.337 e. The maximum absolute atomic E-state index is 11.2. The van der Waals surface area contributed by atoms with Crippen LogP contribution in [-0.2, 0) is 4.74 Å². The van der Waals surface area contributed by atoms with Gasteiger partial charge in [0, 0.05) is 0 Å². The van der Waals surface area contributed by atoms with E-state index in [4.69, 9.17) is 33.0 Å². The second-order valence-electron chi connectivity index (χ2n) is 2.83. The number of esters is 1. The first kappa shape index (κ1) is 13.1. The normalized spacial score (nSPS) is 10.0. The Morgan fingerprint density at radius 1 is 1.38 bits per heavy atom. The van der Waals surface area contributed by atoms with E-state index in [1.54, 1.807) is 0 Å². The highest BCUT2D eigenvalue weighted by atomic mass is 35.5. The van der Waals surface area contributed by atoms with E-state index >= 15 is 0 Å². The molecule has 0 aliphatic heterocycles. The van der Waals surface area contributed by atoms with Crippen LogP contribution in [0.2, 0.25) is 10.0 Å². The van der Waals surface area contributed by atoms with Crippen molar-refractivity contribution in [3.8, 4) is 5.75 Å². The van der Waals surface area contributed by atoms with E-state index < -0.39 is 5.97 Å². The van der Waals surface area contributed by atoms with Crippen molar-refractivity contribution in [2.75, 3.05) is 20.3 Å². The van der Waals surface area contributed by atoms with E-state index in [2.05, 4.69) is 4.74 Å². The van der Waals surface area contributed by atoms with Gasteiger partial charge in [0.2, 0.25) is 0 Å². The highest BCUT2D eigenvalue weighted by molar-refractivity contribution is 6.37. The second kappa shape index (κ2) is 5.94. The Morgan fingerprint density at radius 2 is 1.94 bits per heavy atom. The number of rotatable bonds is 4. The van der Waals surface area contributed by atoms with Gasteiger partial charge >= 0.3 is 5.97 Å². The number of methoxy groups -OCH3 is 1. The van der Waals surface area contributed by atoms with Gasteiger partial charge in [-0.1, -0.05) is 23.2 Å². The lowest BCUT2D eigenvalue weighted by Crippen LogP contribution is -2.05. The summed E-state index contributed by atoms with van der Waals surface area (Å²) in [6.07, 6.45) is 0. The second-order valence-corrected chi connectivity index (χ2v) is 3.65. The van der Waals surface area contributed by atoms with E-state index in [9.17, 15) is 4.79 Å². The van der Waals surface area contributed by atoms with Crippen molar-refractivity contribution >= 4 is 29.2 Å².